The number of anilines is 3. The number of hydrogen-bond donors (Lipinski definition) is 2. The summed E-state index contributed by atoms with van der Waals surface area (Å²) < 4.78 is 2.07. The second-order valence-corrected chi connectivity index (χ2v) is 7.48. The highest BCUT2D eigenvalue weighted by Gasteiger charge is 2.15. The fourth-order valence-electron chi connectivity index (χ4n) is 3.79. The van der Waals surface area contributed by atoms with Crippen LogP contribution in [0.25, 0.3) is 16.6 Å². The third kappa shape index (κ3) is 3.96. The lowest BCUT2D eigenvalue weighted by Gasteiger charge is -2.20. The fraction of sp³-hybridized carbons (Fsp3) is 0.0370. The van der Waals surface area contributed by atoms with Crippen LogP contribution in [0.3, 0.4) is 0 Å². The summed E-state index contributed by atoms with van der Waals surface area (Å²) in [6.45, 7) is 0.626. The van der Waals surface area contributed by atoms with E-state index in [0.717, 1.165) is 28.1 Å². The van der Waals surface area contributed by atoms with E-state index in [1.165, 1.54) is 0 Å². The molecule has 2 heterocycles. The van der Waals surface area contributed by atoms with Gasteiger partial charge < -0.3 is 10.6 Å². The van der Waals surface area contributed by atoms with Crippen LogP contribution in [0.15, 0.2) is 114 Å². The predicted octanol–water partition coefficient (Wildman–Crippen LogP) is 5.74. The SMILES string of the molecule is O=c1cc(Nc2ccccc2)n(-c2ccccc2)c2c(NCc3ccccc3)cncc12. The zero-order chi connectivity index (χ0) is 21.8. The number of benzene rings is 3. The molecule has 0 saturated carbocycles. The molecule has 0 radical (unpaired) electrons. The molecule has 2 N–H and O–H groups in total. The average Bonchev–Trinajstić information content (AvgIpc) is 2.85. The Bertz CT molecular complexity index is 1400. The highest BCUT2D eigenvalue weighted by atomic mass is 16.1. The Labute approximate surface area is 186 Å². The molecule has 0 bridgehead atoms. The summed E-state index contributed by atoms with van der Waals surface area (Å²) in [5.41, 5.74) is 4.50. The smallest absolute Gasteiger partial charge is 0.193 e. The van der Waals surface area contributed by atoms with Crippen LogP contribution in [0, 0.1) is 0 Å². The third-order valence-corrected chi connectivity index (χ3v) is 5.30. The Morgan fingerprint density at radius 3 is 2.16 bits per heavy atom. The van der Waals surface area contributed by atoms with E-state index in [2.05, 4.69) is 32.3 Å². The fourth-order valence-corrected chi connectivity index (χ4v) is 3.79. The van der Waals surface area contributed by atoms with E-state index in [9.17, 15) is 4.79 Å². The third-order valence-electron chi connectivity index (χ3n) is 5.30. The largest absolute Gasteiger partial charge is 0.378 e. The Balaban J connectivity index is 1.70. The van der Waals surface area contributed by atoms with Gasteiger partial charge in [0.25, 0.3) is 0 Å². The van der Waals surface area contributed by atoms with Gasteiger partial charge in [-0.3, -0.25) is 14.3 Å². The first-order chi connectivity index (χ1) is 15.8. The number of fused-ring (bicyclic) bond motifs is 1. The quantitative estimate of drug-likeness (QED) is 0.369. The number of hydrogen-bond acceptors (Lipinski definition) is 4. The molecule has 0 atom stereocenters. The first-order valence-corrected chi connectivity index (χ1v) is 10.5. The molecule has 0 amide bonds. The molecule has 0 aliphatic rings. The minimum absolute atomic E-state index is 0.0820. The van der Waals surface area contributed by atoms with E-state index in [1.807, 2.05) is 78.9 Å². The molecule has 5 heteroatoms. The molecule has 0 fully saturated rings. The molecule has 0 aliphatic carbocycles. The van der Waals surface area contributed by atoms with E-state index in [-0.39, 0.29) is 5.43 Å². The van der Waals surface area contributed by atoms with Crippen molar-refractivity contribution >= 4 is 28.1 Å². The summed E-state index contributed by atoms with van der Waals surface area (Å²) in [5, 5.41) is 7.46. The van der Waals surface area contributed by atoms with Crippen LogP contribution in [0.5, 0.6) is 0 Å². The van der Waals surface area contributed by atoms with E-state index >= 15 is 0 Å². The number of rotatable bonds is 6. The van der Waals surface area contributed by atoms with Gasteiger partial charge in [0.2, 0.25) is 0 Å². The van der Waals surface area contributed by atoms with Gasteiger partial charge in [0, 0.05) is 30.2 Å². The van der Waals surface area contributed by atoms with Gasteiger partial charge in [0.15, 0.2) is 5.43 Å². The molecule has 0 saturated heterocycles. The molecule has 5 aromatic rings. The minimum Gasteiger partial charge on any atom is -0.378 e. The molecule has 0 unspecified atom stereocenters. The molecule has 3 aromatic carbocycles. The number of nitrogens with one attached hydrogen (secondary N) is 2. The Kier molecular flexibility index (Phi) is 5.37. The van der Waals surface area contributed by atoms with Crippen LogP contribution in [-0.4, -0.2) is 9.55 Å². The van der Waals surface area contributed by atoms with Crippen LogP contribution < -0.4 is 16.1 Å². The lowest BCUT2D eigenvalue weighted by molar-refractivity contribution is 1.08. The van der Waals surface area contributed by atoms with Gasteiger partial charge in [-0.05, 0) is 29.8 Å². The molecule has 32 heavy (non-hydrogen) atoms. The van der Waals surface area contributed by atoms with Gasteiger partial charge in [0.1, 0.15) is 5.82 Å². The van der Waals surface area contributed by atoms with Crippen molar-refractivity contribution < 1.29 is 0 Å². The summed E-state index contributed by atoms with van der Waals surface area (Å²) in [6, 6.07) is 31.7. The van der Waals surface area contributed by atoms with E-state index in [0.29, 0.717) is 17.7 Å². The molecule has 2 aromatic heterocycles. The van der Waals surface area contributed by atoms with Crippen molar-refractivity contribution in [3.63, 3.8) is 0 Å². The van der Waals surface area contributed by atoms with E-state index < -0.39 is 0 Å². The van der Waals surface area contributed by atoms with Gasteiger partial charge >= 0.3 is 0 Å². The topological polar surface area (TPSA) is 59.0 Å². The van der Waals surface area contributed by atoms with Crippen LogP contribution in [-0.2, 0) is 6.54 Å². The van der Waals surface area contributed by atoms with Crippen LogP contribution in [0.2, 0.25) is 0 Å². The van der Waals surface area contributed by atoms with Crippen molar-refractivity contribution in [2.45, 2.75) is 6.54 Å². The summed E-state index contributed by atoms with van der Waals surface area (Å²) in [7, 11) is 0. The number of aromatic nitrogens is 2. The maximum Gasteiger partial charge on any atom is 0.193 e. The van der Waals surface area contributed by atoms with Crippen molar-refractivity contribution in [2.24, 2.45) is 0 Å². The standard InChI is InChI=1S/C27H22N4O/c32-25-16-26(30-21-12-6-2-7-13-21)31(22-14-8-3-9-15-22)27-23(25)18-28-19-24(27)29-17-20-10-4-1-5-11-20/h1-16,18-19,29-30H,17H2. The molecule has 0 spiro atoms. The van der Waals surface area contributed by atoms with E-state index in [1.54, 1.807) is 18.5 Å². The number of pyridine rings is 2. The molecule has 5 nitrogen and oxygen atoms in total. The summed E-state index contributed by atoms with van der Waals surface area (Å²) in [6.07, 6.45) is 3.41. The second-order valence-electron chi connectivity index (χ2n) is 7.48. The van der Waals surface area contributed by atoms with E-state index in [4.69, 9.17) is 0 Å². The number of para-hydroxylation sites is 2. The zero-order valence-electron chi connectivity index (χ0n) is 17.4. The second kappa shape index (κ2) is 8.78. The Morgan fingerprint density at radius 1 is 0.781 bits per heavy atom. The van der Waals surface area contributed by atoms with Gasteiger partial charge in [-0.1, -0.05) is 66.7 Å². The van der Waals surface area contributed by atoms with Gasteiger partial charge in [0.05, 0.1) is 22.8 Å². The minimum atomic E-state index is -0.0820. The van der Waals surface area contributed by atoms with Gasteiger partial charge in [-0.25, -0.2) is 0 Å². The maximum absolute atomic E-state index is 13.1. The summed E-state index contributed by atoms with van der Waals surface area (Å²) in [4.78, 5) is 17.4. The Hall–Kier alpha value is -4.38. The molecule has 0 aliphatic heterocycles. The van der Waals surface area contributed by atoms with Crippen molar-refractivity contribution in [2.75, 3.05) is 10.6 Å². The van der Waals surface area contributed by atoms with Gasteiger partial charge in [-0.15, -0.1) is 0 Å². The molecule has 5 rings (SSSR count). The van der Waals surface area contributed by atoms with Crippen molar-refractivity contribution in [3.05, 3.63) is 125 Å². The lowest BCUT2D eigenvalue weighted by atomic mass is 10.1. The first-order valence-electron chi connectivity index (χ1n) is 10.5. The van der Waals surface area contributed by atoms with Crippen LogP contribution in [0.4, 0.5) is 17.2 Å². The normalized spacial score (nSPS) is 10.8. The predicted molar refractivity (Wildman–Crippen MR) is 131 cm³/mol. The van der Waals surface area contributed by atoms with Crippen molar-refractivity contribution in [1.29, 1.82) is 0 Å². The average molecular weight is 419 g/mol. The van der Waals surface area contributed by atoms with Crippen LogP contribution in [0.1, 0.15) is 5.56 Å². The van der Waals surface area contributed by atoms with Gasteiger partial charge in [-0.2, -0.15) is 0 Å². The highest BCUT2D eigenvalue weighted by Crippen LogP contribution is 2.29. The monoisotopic (exact) mass is 418 g/mol. The molecule has 156 valence electrons. The maximum atomic E-state index is 13.1. The highest BCUT2D eigenvalue weighted by molar-refractivity contribution is 5.93. The Morgan fingerprint density at radius 2 is 1.44 bits per heavy atom. The summed E-state index contributed by atoms with van der Waals surface area (Å²) >= 11 is 0. The number of nitrogens with zero attached hydrogens (tertiary/aromatic N) is 2. The lowest BCUT2D eigenvalue weighted by Crippen LogP contribution is -2.14. The molecular weight excluding hydrogens is 396 g/mol. The summed E-state index contributed by atoms with van der Waals surface area (Å²) in [5.74, 6) is 0.689. The van der Waals surface area contributed by atoms with Crippen LogP contribution >= 0.6 is 0 Å². The van der Waals surface area contributed by atoms with Crippen molar-refractivity contribution in [3.8, 4) is 5.69 Å². The zero-order valence-corrected chi connectivity index (χ0v) is 17.4. The van der Waals surface area contributed by atoms with Crippen molar-refractivity contribution in [1.82, 2.24) is 9.55 Å². The first kappa shape index (κ1) is 19.6. The molecular formula is C27H22N4O.